The Hall–Kier alpha value is -2.93. The number of piperazine rings is 1. The average Bonchev–Trinajstić information content (AvgIpc) is 3.19. The van der Waals surface area contributed by atoms with Gasteiger partial charge in [-0.15, -0.1) is 0 Å². The molecule has 1 spiro atoms. The van der Waals surface area contributed by atoms with Crippen molar-refractivity contribution in [1.29, 1.82) is 0 Å². The van der Waals surface area contributed by atoms with Crippen molar-refractivity contribution in [3.05, 3.63) is 48.4 Å². The summed E-state index contributed by atoms with van der Waals surface area (Å²) in [7, 11) is 2.17. The lowest BCUT2D eigenvalue weighted by molar-refractivity contribution is 0.182. The van der Waals surface area contributed by atoms with Crippen molar-refractivity contribution in [1.82, 2.24) is 24.4 Å². The van der Waals surface area contributed by atoms with E-state index >= 15 is 0 Å². The van der Waals surface area contributed by atoms with Gasteiger partial charge in [0, 0.05) is 55.4 Å². The van der Waals surface area contributed by atoms with E-state index in [-0.39, 0.29) is 5.54 Å². The molecule has 0 bridgehead atoms. The molecule has 1 saturated carbocycles. The van der Waals surface area contributed by atoms with Crippen LogP contribution >= 0.6 is 0 Å². The number of hydrogen-bond donors (Lipinski definition) is 1. The summed E-state index contributed by atoms with van der Waals surface area (Å²) in [6.45, 7) is 8.63. The fourth-order valence-corrected chi connectivity index (χ4v) is 6.06. The number of aromatic nitrogens is 4. The Labute approximate surface area is 195 Å². The zero-order valence-corrected chi connectivity index (χ0v) is 19.6. The second kappa shape index (κ2) is 8.13. The van der Waals surface area contributed by atoms with Gasteiger partial charge in [0.15, 0.2) is 0 Å². The van der Waals surface area contributed by atoms with Gasteiger partial charge < -0.3 is 19.7 Å². The van der Waals surface area contributed by atoms with Gasteiger partial charge in [-0.05, 0) is 44.5 Å². The van der Waals surface area contributed by atoms with Crippen molar-refractivity contribution in [3.8, 4) is 0 Å². The standard InChI is InChI=1S/C26H33N7/c1-19-14-22-15-20-17-28-25(30-24(20)33(22)26(16-19)8-4-3-5-9-26)29-23-7-6-21(18-27-23)32-12-10-31(2)11-13-32/h6-7,15,17-18H,1,3-5,8-14,16H2,2H3,(H,27,28,29,30). The van der Waals surface area contributed by atoms with Gasteiger partial charge in [0.05, 0.1) is 11.9 Å². The number of nitrogens with one attached hydrogen (secondary N) is 1. The van der Waals surface area contributed by atoms with E-state index < -0.39 is 0 Å². The lowest BCUT2D eigenvalue weighted by Gasteiger charge is -2.44. The van der Waals surface area contributed by atoms with E-state index in [1.807, 2.05) is 18.5 Å². The maximum Gasteiger partial charge on any atom is 0.230 e. The number of allylic oxidation sites excluding steroid dienone is 1. The molecule has 0 radical (unpaired) electrons. The van der Waals surface area contributed by atoms with Crippen LogP contribution in [0.3, 0.4) is 0 Å². The molecule has 7 heteroatoms. The molecule has 3 aliphatic rings. The molecule has 1 saturated heterocycles. The highest BCUT2D eigenvalue weighted by Crippen LogP contribution is 2.46. The first-order valence-corrected chi connectivity index (χ1v) is 12.3. The van der Waals surface area contributed by atoms with Gasteiger partial charge in [0.1, 0.15) is 11.5 Å². The van der Waals surface area contributed by atoms with Crippen molar-refractivity contribution < 1.29 is 0 Å². The smallest absolute Gasteiger partial charge is 0.230 e. The van der Waals surface area contributed by atoms with Gasteiger partial charge in [0.2, 0.25) is 5.95 Å². The summed E-state index contributed by atoms with van der Waals surface area (Å²) in [5, 5.41) is 4.46. The second-order valence-electron chi connectivity index (χ2n) is 10.1. The Morgan fingerprint density at radius 2 is 1.82 bits per heavy atom. The van der Waals surface area contributed by atoms with Crippen molar-refractivity contribution in [3.63, 3.8) is 0 Å². The molecule has 7 nitrogen and oxygen atoms in total. The molecule has 1 aliphatic carbocycles. The van der Waals surface area contributed by atoms with Gasteiger partial charge in [-0.1, -0.05) is 31.4 Å². The molecular weight excluding hydrogens is 410 g/mol. The maximum absolute atomic E-state index is 4.99. The van der Waals surface area contributed by atoms with Gasteiger partial charge in [-0.25, -0.2) is 9.97 Å². The molecular formula is C26H33N7. The van der Waals surface area contributed by atoms with Crippen LogP contribution in [-0.4, -0.2) is 57.6 Å². The first-order chi connectivity index (χ1) is 16.1. The van der Waals surface area contributed by atoms with Crippen LogP contribution in [0, 0.1) is 0 Å². The fourth-order valence-electron chi connectivity index (χ4n) is 6.06. The van der Waals surface area contributed by atoms with Gasteiger partial charge in [-0.3, -0.25) is 0 Å². The summed E-state index contributed by atoms with van der Waals surface area (Å²) in [5.74, 6) is 1.39. The normalized spacial score (nSPS) is 20.9. The number of pyridine rings is 1. The van der Waals surface area contributed by atoms with Crippen LogP contribution in [0.2, 0.25) is 0 Å². The van der Waals surface area contributed by atoms with Crippen molar-refractivity contribution in [2.75, 3.05) is 43.4 Å². The average molecular weight is 444 g/mol. The number of nitrogens with zero attached hydrogens (tertiary/aromatic N) is 6. The molecule has 33 heavy (non-hydrogen) atoms. The van der Waals surface area contributed by atoms with Crippen LogP contribution in [0.25, 0.3) is 11.0 Å². The van der Waals surface area contributed by atoms with E-state index in [1.54, 1.807) is 0 Å². The summed E-state index contributed by atoms with van der Waals surface area (Å²) < 4.78 is 2.53. The lowest BCUT2D eigenvalue weighted by Crippen LogP contribution is -2.44. The van der Waals surface area contributed by atoms with E-state index in [0.29, 0.717) is 5.95 Å². The Kier molecular flexibility index (Phi) is 5.09. The summed E-state index contributed by atoms with van der Waals surface area (Å²) in [6.07, 6.45) is 12.2. The van der Waals surface area contributed by atoms with Gasteiger partial charge in [0.25, 0.3) is 0 Å². The quantitative estimate of drug-likeness (QED) is 0.602. The molecule has 2 fully saturated rings. The molecule has 3 aromatic rings. The zero-order valence-electron chi connectivity index (χ0n) is 19.6. The van der Waals surface area contributed by atoms with Gasteiger partial charge in [-0.2, -0.15) is 4.98 Å². The summed E-state index contributed by atoms with van der Waals surface area (Å²) in [4.78, 5) is 19.0. The van der Waals surface area contributed by atoms with Crippen LogP contribution in [-0.2, 0) is 12.0 Å². The topological polar surface area (TPSA) is 62.1 Å². The lowest BCUT2D eigenvalue weighted by atomic mass is 9.74. The minimum absolute atomic E-state index is 0.138. The van der Waals surface area contributed by atoms with Crippen molar-refractivity contribution in [2.45, 2.75) is 50.5 Å². The highest BCUT2D eigenvalue weighted by molar-refractivity contribution is 5.79. The second-order valence-corrected chi connectivity index (χ2v) is 10.1. The van der Waals surface area contributed by atoms with Crippen LogP contribution in [0.5, 0.6) is 0 Å². The highest BCUT2D eigenvalue weighted by Gasteiger charge is 2.40. The van der Waals surface area contributed by atoms with E-state index in [9.17, 15) is 0 Å². The molecule has 5 heterocycles. The summed E-state index contributed by atoms with van der Waals surface area (Å²) >= 11 is 0. The van der Waals surface area contributed by atoms with E-state index in [1.165, 1.54) is 49.1 Å². The van der Waals surface area contributed by atoms with Gasteiger partial charge >= 0.3 is 0 Å². The van der Waals surface area contributed by atoms with Crippen LogP contribution in [0.1, 0.15) is 44.2 Å². The number of likely N-dealkylation sites (N-methyl/N-ethyl adjacent to an activating group) is 1. The molecule has 0 amide bonds. The predicted molar refractivity (Wildman–Crippen MR) is 133 cm³/mol. The van der Waals surface area contributed by atoms with E-state index in [4.69, 9.17) is 4.98 Å². The summed E-state index contributed by atoms with van der Waals surface area (Å²) in [6, 6.07) is 6.44. The van der Waals surface area contributed by atoms with Crippen LogP contribution < -0.4 is 10.2 Å². The van der Waals surface area contributed by atoms with Crippen LogP contribution in [0.15, 0.2) is 42.7 Å². The molecule has 0 unspecified atom stereocenters. The Balaban J connectivity index is 1.28. The minimum Gasteiger partial charge on any atom is -0.368 e. The Morgan fingerprint density at radius 3 is 2.58 bits per heavy atom. The molecule has 1 N–H and O–H groups in total. The molecule has 6 rings (SSSR count). The van der Waals surface area contributed by atoms with E-state index in [0.717, 1.165) is 55.9 Å². The number of fused-ring (bicyclic) bond motifs is 4. The van der Waals surface area contributed by atoms with E-state index in [2.05, 4.69) is 55.4 Å². The number of hydrogen-bond acceptors (Lipinski definition) is 6. The molecule has 172 valence electrons. The Morgan fingerprint density at radius 1 is 1.00 bits per heavy atom. The third-order valence-corrected chi connectivity index (χ3v) is 7.74. The number of rotatable bonds is 3. The van der Waals surface area contributed by atoms with Crippen molar-refractivity contribution in [2.24, 2.45) is 0 Å². The maximum atomic E-state index is 4.99. The first-order valence-electron chi connectivity index (χ1n) is 12.3. The zero-order chi connectivity index (χ0) is 22.4. The summed E-state index contributed by atoms with van der Waals surface area (Å²) in [5.41, 5.74) is 5.04. The van der Waals surface area contributed by atoms with Crippen LogP contribution in [0.4, 0.5) is 17.5 Å². The molecule has 0 aromatic carbocycles. The first kappa shape index (κ1) is 20.7. The molecule has 0 atom stereocenters. The largest absolute Gasteiger partial charge is 0.368 e. The minimum atomic E-state index is 0.138. The SMILES string of the molecule is C=C1Cc2cc3cnc(Nc4ccc(N5CCN(C)CC5)cn4)nc3n2C2(CCCCC2)C1. The highest BCUT2D eigenvalue weighted by atomic mass is 15.3. The third kappa shape index (κ3) is 3.78. The van der Waals surface area contributed by atoms with Crippen molar-refractivity contribution >= 4 is 28.5 Å². The Bertz CT molecular complexity index is 1170. The fraction of sp³-hybridized carbons (Fsp3) is 0.500. The molecule has 2 aliphatic heterocycles. The monoisotopic (exact) mass is 443 g/mol. The predicted octanol–water partition coefficient (Wildman–Crippen LogP) is 4.48. The third-order valence-electron chi connectivity index (χ3n) is 7.74. The number of anilines is 3. The molecule has 3 aromatic heterocycles.